The number of likely N-dealkylation sites (N-methyl/N-ethyl adjacent to an activating group) is 1. The van der Waals surface area contributed by atoms with Gasteiger partial charge >= 0.3 is 0 Å². The van der Waals surface area contributed by atoms with Gasteiger partial charge in [0, 0.05) is 25.7 Å². The largest absolute Gasteiger partial charge is 0.330 e. The number of rotatable bonds is 5. The van der Waals surface area contributed by atoms with Gasteiger partial charge in [-0.3, -0.25) is 4.90 Å². The van der Waals surface area contributed by atoms with Crippen molar-refractivity contribution in [3.05, 3.63) is 35.9 Å². The Kier molecular flexibility index (Phi) is 5.17. The van der Waals surface area contributed by atoms with Gasteiger partial charge in [-0.15, -0.1) is 0 Å². The van der Waals surface area contributed by atoms with E-state index in [9.17, 15) is 0 Å². The number of benzene rings is 1. The first-order chi connectivity index (χ1) is 8.81. The number of nitrogens with two attached hydrogens (primary N) is 1. The van der Waals surface area contributed by atoms with E-state index in [1.807, 2.05) is 0 Å². The summed E-state index contributed by atoms with van der Waals surface area (Å²) < 4.78 is 0. The molecule has 1 aromatic carbocycles. The predicted octanol–water partition coefficient (Wildman–Crippen LogP) is 1.71. The van der Waals surface area contributed by atoms with Gasteiger partial charge in [0.25, 0.3) is 0 Å². The Morgan fingerprint density at radius 1 is 1.17 bits per heavy atom. The minimum atomic E-state index is 0.544. The van der Waals surface area contributed by atoms with Crippen molar-refractivity contribution in [2.75, 3.05) is 39.8 Å². The predicted molar refractivity (Wildman–Crippen MR) is 76.5 cm³/mol. The molecular weight excluding hydrogens is 222 g/mol. The Balaban J connectivity index is 2.02. The molecule has 0 aromatic heterocycles. The SMILES string of the molecule is CN1CCN(CCCCN)C(c2ccccc2)C1. The molecule has 1 aliphatic heterocycles. The zero-order valence-corrected chi connectivity index (χ0v) is 11.4. The molecule has 0 bridgehead atoms. The summed E-state index contributed by atoms with van der Waals surface area (Å²) in [5.41, 5.74) is 7.03. The van der Waals surface area contributed by atoms with E-state index < -0.39 is 0 Å². The molecule has 0 aliphatic carbocycles. The van der Waals surface area contributed by atoms with Gasteiger partial charge in [0.2, 0.25) is 0 Å². The minimum absolute atomic E-state index is 0.544. The first-order valence-electron chi connectivity index (χ1n) is 6.99. The molecule has 3 heteroatoms. The van der Waals surface area contributed by atoms with Crippen LogP contribution in [0.15, 0.2) is 30.3 Å². The van der Waals surface area contributed by atoms with E-state index in [2.05, 4.69) is 47.2 Å². The number of piperazine rings is 1. The zero-order valence-electron chi connectivity index (χ0n) is 11.4. The third-order valence-electron chi connectivity index (χ3n) is 3.78. The van der Waals surface area contributed by atoms with Crippen LogP contribution in [0.25, 0.3) is 0 Å². The third-order valence-corrected chi connectivity index (χ3v) is 3.78. The highest BCUT2D eigenvalue weighted by Gasteiger charge is 2.25. The summed E-state index contributed by atoms with van der Waals surface area (Å²) in [6, 6.07) is 11.4. The van der Waals surface area contributed by atoms with E-state index in [1.165, 1.54) is 31.6 Å². The molecule has 0 saturated carbocycles. The second-order valence-electron chi connectivity index (χ2n) is 5.22. The maximum Gasteiger partial charge on any atom is 0.0475 e. The van der Waals surface area contributed by atoms with E-state index >= 15 is 0 Å². The molecule has 1 aliphatic rings. The highest BCUT2D eigenvalue weighted by Crippen LogP contribution is 2.24. The molecular formula is C15H25N3. The van der Waals surface area contributed by atoms with Gasteiger partial charge < -0.3 is 10.6 Å². The fourth-order valence-electron chi connectivity index (χ4n) is 2.68. The summed E-state index contributed by atoms with van der Waals surface area (Å²) in [4.78, 5) is 5.04. The van der Waals surface area contributed by atoms with Crippen LogP contribution in [0, 0.1) is 0 Å². The third kappa shape index (κ3) is 3.55. The highest BCUT2D eigenvalue weighted by molar-refractivity contribution is 5.20. The van der Waals surface area contributed by atoms with Gasteiger partial charge in [-0.05, 0) is 38.5 Å². The van der Waals surface area contributed by atoms with Crippen LogP contribution < -0.4 is 5.73 Å². The van der Waals surface area contributed by atoms with Crippen LogP contribution in [0.5, 0.6) is 0 Å². The van der Waals surface area contributed by atoms with Crippen molar-refractivity contribution in [3.63, 3.8) is 0 Å². The number of hydrogen-bond acceptors (Lipinski definition) is 3. The van der Waals surface area contributed by atoms with Crippen LogP contribution in [-0.2, 0) is 0 Å². The summed E-state index contributed by atoms with van der Waals surface area (Å²) in [5, 5.41) is 0. The Labute approximate surface area is 111 Å². The quantitative estimate of drug-likeness (QED) is 0.804. The van der Waals surface area contributed by atoms with E-state index in [1.54, 1.807) is 0 Å². The fraction of sp³-hybridized carbons (Fsp3) is 0.600. The van der Waals surface area contributed by atoms with Crippen LogP contribution in [0.1, 0.15) is 24.4 Å². The average Bonchev–Trinajstić information content (AvgIpc) is 2.41. The lowest BCUT2D eigenvalue weighted by atomic mass is 10.0. The van der Waals surface area contributed by atoms with E-state index in [0.717, 1.165) is 19.5 Å². The first-order valence-corrected chi connectivity index (χ1v) is 6.99. The molecule has 100 valence electrons. The molecule has 0 amide bonds. The molecule has 3 nitrogen and oxygen atoms in total. The molecule has 18 heavy (non-hydrogen) atoms. The van der Waals surface area contributed by atoms with Gasteiger partial charge in [-0.25, -0.2) is 0 Å². The second kappa shape index (κ2) is 6.88. The maximum atomic E-state index is 5.59. The van der Waals surface area contributed by atoms with Crippen molar-refractivity contribution in [2.45, 2.75) is 18.9 Å². The van der Waals surface area contributed by atoms with Gasteiger partial charge in [0.05, 0.1) is 0 Å². The smallest absolute Gasteiger partial charge is 0.0475 e. The van der Waals surface area contributed by atoms with Gasteiger partial charge in [-0.1, -0.05) is 30.3 Å². The monoisotopic (exact) mass is 247 g/mol. The van der Waals surface area contributed by atoms with Crippen LogP contribution in [0.2, 0.25) is 0 Å². The van der Waals surface area contributed by atoms with Crippen LogP contribution in [0.4, 0.5) is 0 Å². The molecule has 1 unspecified atom stereocenters. The molecule has 0 spiro atoms. The van der Waals surface area contributed by atoms with Crippen molar-refractivity contribution >= 4 is 0 Å². The van der Waals surface area contributed by atoms with Crippen LogP contribution in [-0.4, -0.2) is 49.6 Å². The summed E-state index contributed by atoms with van der Waals surface area (Å²) in [6.07, 6.45) is 2.34. The lowest BCUT2D eigenvalue weighted by Gasteiger charge is -2.40. The Morgan fingerprint density at radius 2 is 1.94 bits per heavy atom. The summed E-state index contributed by atoms with van der Waals surface area (Å²) >= 11 is 0. The zero-order chi connectivity index (χ0) is 12.8. The second-order valence-corrected chi connectivity index (χ2v) is 5.22. The van der Waals surface area contributed by atoms with E-state index in [0.29, 0.717) is 6.04 Å². The van der Waals surface area contributed by atoms with Crippen LogP contribution >= 0.6 is 0 Å². The Hall–Kier alpha value is -0.900. The minimum Gasteiger partial charge on any atom is -0.330 e. The molecule has 0 radical (unpaired) electrons. The van der Waals surface area contributed by atoms with Crippen molar-refractivity contribution in [2.24, 2.45) is 5.73 Å². The van der Waals surface area contributed by atoms with E-state index in [4.69, 9.17) is 5.73 Å². The first kappa shape index (κ1) is 13.5. The van der Waals surface area contributed by atoms with Crippen molar-refractivity contribution < 1.29 is 0 Å². The van der Waals surface area contributed by atoms with Gasteiger partial charge in [-0.2, -0.15) is 0 Å². The maximum absolute atomic E-state index is 5.59. The topological polar surface area (TPSA) is 32.5 Å². The van der Waals surface area contributed by atoms with Crippen molar-refractivity contribution in [1.29, 1.82) is 0 Å². The molecule has 2 N–H and O–H groups in total. The highest BCUT2D eigenvalue weighted by atomic mass is 15.3. The molecule has 1 heterocycles. The number of unbranched alkanes of at least 4 members (excludes halogenated alkanes) is 1. The van der Waals surface area contributed by atoms with Crippen molar-refractivity contribution in [1.82, 2.24) is 9.80 Å². The Morgan fingerprint density at radius 3 is 2.67 bits per heavy atom. The van der Waals surface area contributed by atoms with Gasteiger partial charge in [0.15, 0.2) is 0 Å². The molecule has 1 fully saturated rings. The average molecular weight is 247 g/mol. The molecule has 1 saturated heterocycles. The van der Waals surface area contributed by atoms with Crippen molar-refractivity contribution in [3.8, 4) is 0 Å². The van der Waals surface area contributed by atoms with E-state index in [-0.39, 0.29) is 0 Å². The molecule has 1 atom stereocenters. The summed E-state index contributed by atoms with van der Waals surface area (Å²) in [7, 11) is 2.22. The molecule has 2 rings (SSSR count). The fourth-order valence-corrected chi connectivity index (χ4v) is 2.68. The summed E-state index contributed by atoms with van der Waals surface area (Å²) in [6.45, 7) is 5.45. The lowest BCUT2D eigenvalue weighted by Crippen LogP contribution is -2.47. The number of nitrogens with zero attached hydrogens (tertiary/aromatic N) is 2. The lowest BCUT2D eigenvalue weighted by molar-refractivity contribution is 0.0884. The van der Waals surface area contributed by atoms with Crippen LogP contribution in [0.3, 0.4) is 0 Å². The standard InChI is InChI=1S/C15H25N3/c1-17-11-12-18(10-6-5-9-16)15(13-17)14-7-3-2-4-8-14/h2-4,7-8,15H,5-6,9-13,16H2,1H3. The normalized spacial score (nSPS) is 22.2. The van der Waals surface area contributed by atoms with Gasteiger partial charge in [0.1, 0.15) is 0 Å². The summed E-state index contributed by atoms with van der Waals surface area (Å²) in [5.74, 6) is 0. The number of hydrogen-bond donors (Lipinski definition) is 1. The Bertz CT molecular complexity index is 339. The molecule has 1 aromatic rings.